The molecule has 1 N–H and O–H groups in total. The molecule has 7 nitrogen and oxygen atoms in total. The lowest BCUT2D eigenvalue weighted by Gasteiger charge is -2.20. The third kappa shape index (κ3) is 3.69. The highest BCUT2D eigenvalue weighted by molar-refractivity contribution is 7.15. The summed E-state index contributed by atoms with van der Waals surface area (Å²) in [6.07, 6.45) is 8.92. The number of nitrogens with one attached hydrogen (secondary N) is 1. The Balaban J connectivity index is 1.16. The normalized spacial score (nSPS) is 18.6. The lowest BCUT2D eigenvalue weighted by molar-refractivity contribution is -0.125. The molecule has 1 fully saturated rings. The van der Waals surface area contributed by atoms with Crippen molar-refractivity contribution >= 4 is 17.2 Å². The highest BCUT2D eigenvalue weighted by Crippen LogP contribution is 2.38. The number of carbonyl (C=O) groups excluding carboxylic acids is 1. The van der Waals surface area contributed by atoms with Gasteiger partial charge in [0.25, 0.3) is 0 Å². The molecule has 28 heavy (non-hydrogen) atoms. The Labute approximate surface area is 166 Å². The summed E-state index contributed by atoms with van der Waals surface area (Å²) in [5, 5.41) is 8.04. The zero-order valence-electron chi connectivity index (χ0n) is 15.4. The smallest absolute Gasteiger partial charge is 0.229 e. The first-order chi connectivity index (χ1) is 13.8. The summed E-state index contributed by atoms with van der Waals surface area (Å²) in [4.78, 5) is 27.1. The molecule has 0 aromatic carbocycles. The monoisotopic (exact) mass is 395 g/mol. The van der Waals surface area contributed by atoms with Crippen LogP contribution in [-0.4, -0.2) is 32.6 Å². The third-order valence-corrected chi connectivity index (χ3v) is 6.50. The molecule has 0 saturated heterocycles. The summed E-state index contributed by atoms with van der Waals surface area (Å²) in [5.74, 6) is 1.95. The van der Waals surface area contributed by atoms with Gasteiger partial charge >= 0.3 is 0 Å². The van der Waals surface area contributed by atoms with E-state index < -0.39 is 0 Å². The largest absolute Gasteiger partial charge is 0.355 e. The van der Waals surface area contributed by atoms with Crippen LogP contribution in [0.2, 0.25) is 0 Å². The number of hydrogen-bond acceptors (Lipinski definition) is 7. The molecule has 8 heteroatoms. The lowest BCUT2D eigenvalue weighted by atomic mass is 9.90. The Bertz CT molecular complexity index is 980. The SMILES string of the molecule is O=C(NCCc1noc(C2CC2)n1)C1CCc2sc(-c3ccncc3)nc2C1. The minimum atomic E-state index is -0.0211. The Morgan fingerprint density at radius 1 is 1.21 bits per heavy atom. The molecule has 5 rings (SSSR count). The Hall–Kier alpha value is -2.61. The number of amides is 1. The van der Waals surface area contributed by atoms with Crippen molar-refractivity contribution in [3.8, 4) is 10.6 Å². The average molecular weight is 395 g/mol. The van der Waals surface area contributed by atoms with Crippen molar-refractivity contribution in [1.29, 1.82) is 0 Å². The number of nitrogens with zero attached hydrogens (tertiary/aromatic N) is 4. The summed E-state index contributed by atoms with van der Waals surface area (Å²) in [5.41, 5.74) is 2.15. The molecule has 1 amide bonds. The zero-order valence-corrected chi connectivity index (χ0v) is 16.2. The van der Waals surface area contributed by atoms with Gasteiger partial charge < -0.3 is 9.84 Å². The molecule has 2 aliphatic carbocycles. The number of rotatable bonds is 6. The van der Waals surface area contributed by atoms with Crippen LogP contribution in [0.15, 0.2) is 29.0 Å². The molecule has 0 radical (unpaired) electrons. The molecule has 144 valence electrons. The van der Waals surface area contributed by atoms with Crippen molar-refractivity contribution in [3.05, 3.63) is 46.8 Å². The van der Waals surface area contributed by atoms with Gasteiger partial charge in [0.2, 0.25) is 11.8 Å². The standard InChI is InChI=1S/C20H21N5O2S/c26-18(22-10-7-17-24-19(27-25-17)12-1-2-12)14-3-4-16-15(11-14)23-20(28-16)13-5-8-21-9-6-13/h5-6,8-9,12,14H,1-4,7,10-11H2,(H,22,26). The van der Waals surface area contributed by atoms with Gasteiger partial charge in [0.1, 0.15) is 5.01 Å². The Morgan fingerprint density at radius 2 is 2.07 bits per heavy atom. The van der Waals surface area contributed by atoms with Crippen LogP contribution in [0.5, 0.6) is 0 Å². The fourth-order valence-corrected chi connectivity index (χ4v) is 4.64. The molecule has 3 heterocycles. The van der Waals surface area contributed by atoms with E-state index in [1.54, 1.807) is 23.7 Å². The maximum absolute atomic E-state index is 12.6. The first-order valence-electron chi connectivity index (χ1n) is 9.75. The molecule has 2 aliphatic rings. The summed E-state index contributed by atoms with van der Waals surface area (Å²) in [6, 6.07) is 3.95. The molecule has 1 saturated carbocycles. The molecule has 0 bridgehead atoms. The van der Waals surface area contributed by atoms with Crippen LogP contribution in [-0.2, 0) is 24.1 Å². The maximum atomic E-state index is 12.6. The van der Waals surface area contributed by atoms with Crippen molar-refractivity contribution in [2.75, 3.05) is 6.54 Å². The number of aryl methyl sites for hydroxylation is 1. The number of fused-ring (bicyclic) bond motifs is 1. The fourth-order valence-electron chi connectivity index (χ4n) is 3.53. The first-order valence-corrected chi connectivity index (χ1v) is 10.6. The minimum Gasteiger partial charge on any atom is -0.355 e. The molecular weight excluding hydrogens is 374 g/mol. The van der Waals surface area contributed by atoms with E-state index in [9.17, 15) is 4.79 Å². The van der Waals surface area contributed by atoms with Crippen LogP contribution in [0.4, 0.5) is 0 Å². The lowest BCUT2D eigenvalue weighted by Crippen LogP contribution is -2.35. The van der Waals surface area contributed by atoms with Gasteiger partial charge in [0.05, 0.1) is 5.69 Å². The van der Waals surface area contributed by atoms with Crippen molar-refractivity contribution < 1.29 is 9.32 Å². The highest BCUT2D eigenvalue weighted by atomic mass is 32.1. The van der Waals surface area contributed by atoms with Crippen molar-refractivity contribution in [3.63, 3.8) is 0 Å². The highest BCUT2D eigenvalue weighted by Gasteiger charge is 2.30. The van der Waals surface area contributed by atoms with Crippen LogP contribution in [0.25, 0.3) is 10.6 Å². The van der Waals surface area contributed by atoms with E-state index in [0.717, 1.165) is 47.8 Å². The number of carbonyl (C=O) groups is 1. The second kappa shape index (κ2) is 7.43. The van der Waals surface area contributed by atoms with Gasteiger partial charge in [0, 0.05) is 54.1 Å². The summed E-state index contributed by atoms with van der Waals surface area (Å²) in [7, 11) is 0. The molecule has 1 atom stereocenters. The third-order valence-electron chi connectivity index (χ3n) is 5.29. The molecule has 1 unspecified atom stereocenters. The van der Waals surface area contributed by atoms with E-state index in [-0.39, 0.29) is 11.8 Å². The van der Waals surface area contributed by atoms with Crippen LogP contribution >= 0.6 is 11.3 Å². The summed E-state index contributed by atoms with van der Waals surface area (Å²) < 4.78 is 5.26. The molecule has 3 aromatic heterocycles. The van der Waals surface area contributed by atoms with E-state index in [1.807, 2.05) is 12.1 Å². The summed E-state index contributed by atoms with van der Waals surface area (Å²) >= 11 is 1.73. The second-order valence-electron chi connectivity index (χ2n) is 7.43. The van der Waals surface area contributed by atoms with Crippen LogP contribution in [0.1, 0.15) is 47.5 Å². The molecule has 0 aliphatic heterocycles. The van der Waals surface area contributed by atoms with Crippen LogP contribution in [0.3, 0.4) is 0 Å². The van der Waals surface area contributed by atoms with E-state index in [1.165, 1.54) is 4.88 Å². The van der Waals surface area contributed by atoms with Gasteiger partial charge in [-0.25, -0.2) is 4.98 Å². The number of hydrogen-bond donors (Lipinski definition) is 1. The quantitative estimate of drug-likeness (QED) is 0.690. The predicted molar refractivity (Wildman–Crippen MR) is 104 cm³/mol. The van der Waals surface area contributed by atoms with Gasteiger partial charge in [0.15, 0.2) is 5.82 Å². The van der Waals surface area contributed by atoms with Crippen molar-refractivity contribution in [2.24, 2.45) is 5.92 Å². The van der Waals surface area contributed by atoms with Crippen LogP contribution < -0.4 is 5.32 Å². The Morgan fingerprint density at radius 3 is 2.89 bits per heavy atom. The number of aromatic nitrogens is 4. The van der Waals surface area contributed by atoms with Gasteiger partial charge in [-0.05, 0) is 37.8 Å². The van der Waals surface area contributed by atoms with E-state index in [0.29, 0.717) is 31.1 Å². The molecular formula is C20H21N5O2S. The van der Waals surface area contributed by atoms with Gasteiger partial charge in [-0.2, -0.15) is 4.98 Å². The molecule has 0 spiro atoms. The fraction of sp³-hybridized carbons (Fsp3) is 0.450. The predicted octanol–water partition coefficient (Wildman–Crippen LogP) is 2.93. The number of thiazole rings is 1. The van der Waals surface area contributed by atoms with Gasteiger partial charge in [-0.15, -0.1) is 11.3 Å². The maximum Gasteiger partial charge on any atom is 0.229 e. The van der Waals surface area contributed by atoms with Crippen molar-refractivity contribution in [1.82, 2.24) is 25.4 Å². The number of pyridine rings is 1. The first kappa shape index (κ1) is 17.5. The van der Waals surface area contributed by atoms with Gasteiger partial charge in [-0.3, -0.25) is 9.78 Å². The van der Waals surface area contributed by atoms with E-state index >= 15 is 0 Å². The second-order valence-corrected chi connectivity index (χ2v) is 8.51. The Kier molecular flexibility index (Phi) is 4.64. The van der Waals surface area contributed by atoms with Crippen LogP contribution in [0, 0.1) is 5.92 Å². The zero-order chi connectivity index (χ0) is 18.9. The summed E-state index contributed by atoms with van der Waals surface area (Å²) in [6.45, 7) is 0.533. The van der Waals surface area contributed by atoms with Gasteiger partial charge in [-0.1, -0.05) is 5.16 Å². The van der Waals surface area contributed by atoms with Crippen molar-refractivity contribution in [2.45, 2.75) is 44.4 Å². The van der Waals surface area contributed by atoms with E-state index in [2.05, 4.69) is 20.4 Å². The van der Waals surface area contributed by atoms with E-state index in [4.69, 9.17) is 9.51 Å². The minimum absolute atomic E-state index is 0.0211. The molecule has 3 aromatic rings. The average Bonchev–Trinajstić information content (AvgIpc) is 3.32. The topological polar surface area (TPSA) is 93.8 Å².